The zero-order chi connectivity index (χ0) is 14.1. The Morgan fingerprint density at radius 3 is 2.58 bits per heavy atom. The van der Waals surface area contributed by atoms with E-state index >= 15 is 0 Å². The summed E-state index contributed by atoms with van der Waals surface area (Å²) in [5.74, 6) is 0. The van der Waals surface area contributed by atoms with E-state index in [2.05, 4.69) is 10.0 Å². The van der Waals surface area contributed by atoms with Crippen molar-refractivity contribution in [3.63, 3.8) is 0 Å². The van der Waals surface area contributed by atoms with Crippen molar-refractivity contribution in [3.05, 3.63) is 28.8 Å². The molecule has 2 rings (SSSR count). The molecule has 19 heavy (non-hydrogen) atoms. The largest absolute Gasteiger partial charge is 0.316 e. The van der Waals surface area contributed by atoms with Gasteiger partial charge in [-0.2, -0.15) is 0 Å². The van der Waals surface area contributed by atoms with Gasteiger partial charge in [0, 0.05) is 12.1 Å². The van der Waals surface area contributed by atoms with E-state index in [4.69, 9.17) is 11.6 Å². The molecule has 106 valence electrons. The van der Waals surface area contributed by atoms with Crippen molar-refractivity contribution in [2.75, 3.05) is 7.05 Å². The van der Waals surface area contributed by atoms with Crippen molar-refractivity contribution in [1.82, 2.24) is 10.0 Å². The van der Waals surface area contributed by atoms with E-state index in [0.717, 1.165) is 24.8 Å². The van der Waals surface area contributed by atoms with Gasteiger partial charge in [-0.05, 0) is 50.9 Å². The molecule has 1 saturated carbocycles. The highest BCUT2D eigenvalue weighted by Gasteiger charge is 2.36. The minimum atomic E-state index is -3.56. The van der Waals surface area contributed by atoms with Crippen LogP contribution in [-0.2, 0) is 16.6 Å². The summed E-state index contributed by atoms with van der Waals surface area (Å²) in [5.41, 5.74) is 0.576. The van der Waals surface area contributed by atoms with Gasteiger partial charge in [0.1, 0.15) is 4.90 Å². The van der Waals surface area contributed by atoms with Gasteiger partial charge >= 0.3 is 0 Å². The predicted octanol–water partition coefficient (Wildman–Crippen LogP) is 2.28. The van der Waals surface area contributed by atoms with Crippen LogP contribution in [0.2, 0.25) is 5.02 Å². The van der Waals surface area contributed by atoms with Crippen LogP contribution in [0.4, 0.5) is 0 Å². The van der Waals surface area contributed by atoms with Crippen LogP contribution in [0.5, 0.6) is 0 Å². The average molecular weight is 303 g/mol. The lowest BCUT2D eigenvalue weighted by Gasteiger charge is -2.38. The van der Waals surface area contributed by atoms with E-state index in [1.807, 2.05) is 20.0 Å². The third kappa shape index (κ3) is 3.28. The van der Waals surface area contributed by atoms with Gasteiger partial charge in [0.25, 0.3) is 0 Å². The molecule has 0 radical (unpaired) electrons. The molecule has 1 aliphatic carbocycles. The average Bonchev–Trinajstić information content (AvgIpc) is 2.29. The highest BCUT2D eigenvalue weighted by Crippen LogP contribution is 2.33. The third-order valence-corrected chi connectivity index (χ3v) is 5.62. The van der Waals surface area contributed by atoms with Gasteiger partial charge in [0.15, 0.2) is 0 Å². The Kier molecular flexibility index (Phi) is 4.20. The van der Waals surface area contributed by atoms with Gasteiger partial charge in [-0.1, -0.05) is 17.7 Å². The van der Waals surface area contributed by atoms with Crippen LogP contribution in [-0.4, -0.2) is 21.0 Å². The van der Waals surface area contributed by atoms with Crippen LogP contribution in [0.25, 0.3) is 0 Å². The first kappa shape index (κ1) is 14.8. The normalized spacial score (nSPS) is 18.1. The second-order valence-electron chi connectivity index (χ2n) is 5.31. The van der Waals surface area contributed by atoms with Gasteiger partial charge in [-0.15, -0.1) is 0 Å². The van der Waals surface area contributed by atoms with Gasteiger partial charge in [-0.25, -0.2) is 13.1 Å². The molecule has 2 N–H and O–H groups in total. The maximum atomic E-state index is 12.4. The zero-order valence-corrected chi connectivity index (χ0v) is 12.7. The number of hydrogen-bond acceptors (Lipinski definition) is 3. The quantitative estimate of drug-likeness (QED) is 0.877. The van der Waals surface area contributed by atoms with Crippen molar-refractivity contribution in [3.8, 4) is 0 Å². The highest BCUT2D eigenvalue weighted by atomic mass is 35.5. The molecule has 0 spiro atoms. The molecule has 6 heteroatoms. The second-order valence-corrected chi connectivity index (χ2v) is 7.37. The Bertz CT molecular complexity index is 568. The lowest BCUT2D eigenvalue weighted by atomic mass is 9.80. The van der Waals surface area contributed by atoms with Crippen LogP contribution in [0.3, 0.4) is 0 Å². The molecule has 0 atom stereocenters. The Labute approximate surface area is 119 Å². The fourth-order valence-electron chi connectivity index (χ4n) is 2.26. The number of rotatable bonds is 5. The molecule has 0 bridgehead atoms. The molecule has 1 fully saturated rings. The molecular formula is C13H19ClN2O2S. The summed E-state index contributed by atoms with van der Waals surface area (Å²) in [4.78, 5) is 0.162. The summed E-state index contributed by atoms with van der Waals surface area (Å²) < 4.78 is 27.6. The Morgan fingerprint density at radius 2 is 2.05 bits per heavy atom. The second kappa shape index (κ2) is 5.40. The lowest BCUT2D eigenvalue weighted by molar-refractivity contribution is 0.248. The highest BCUT2D eigenvalue weighted by molar-refractivity contribution is 7.89. The minimum absolute atomic E-state index is 0.162. The molecule has 0 heterocycles. The predicted molar refractivity (Wildman–Crippen MR) is 76.8 cm³/mol. The van der Waals surface area contributed by atoms with Gasteiger partial charge in [0.2, 0.25) is 10.0 Å². The van der Waals surface area contributed by atoms with Crippen molar-refractivity contribution >= 4 is 21.6 Å². The summed E-state index contributed by atoms with van der Waals surface area (Å²) in [7, 11) is -1.74. The summed E-state index contributed by atoms with van der Waals surface area (Å²) >= 11 is 6.03. The van der Waals surface area contributed by atoms with Crippen LogP contribution < -0.4 is 10.0 Å². The first-order chi connectivity index (χ1) is 8.86. The molecule has 0 unspecified atom stereocenters. The summed E-state index contributed by atoms with van der Waals surface area (Å²) in [6.07, 6.45) is 2.81. The van der Waals surface area contributed by atoms with E-state index in [-0.39, 0.29) is 15.5 Å². The smallest absolute Gasteiger partial charge is 0.242 e. The van der Waals surface area contributed by atoms with E-state index in [1.54, 1.807) is 12.1 Å². The number of halogens is 1. The number of sulfonamides is 1. The first-order valence-electron chi connectivity index (χ1n) is 6.33. The van der Waals surface area contributed by atoms with Crippen molar-refractivity contribution in [2.45, 2.75) is 43.2 Å². The summed E-state index contributed by atoms with van der Waals surface area (Å²) in [5, 5.41) is 3.25. The van der Waals surface area contributed by atoms with Gasteiger partial charge in [-0.3, -0.25) is 0 Å². The van der Waals surface area contributed by atoms with Crippen LogP contribution in [0.1, 0.15) is 31.7 Å². The molecule has 1 aliphatic rings. The fourth-order valence-corrected chi connectivity index (χ4v) is 4.27. The molecule has 1 aromatic carbocycles. The standard InChI is InChI=1S/C13H19ClN2O2S/c1-13(6-3-7-13)16-19(17,18)12-8-10(9-15-2)4-5-11(12)14/h4-5,8,15-16H,3,6-7,9H2,1-2H3. The monoisotopic (exact) mass is 302 g/mol. The van der Waals surface area contributed by atoms with Crippen molar-refractivity contribution in [1.29, 1.82) is 0 Å². The van der Waals surface area contributed by atoms with Gasteiger partial charge < -0.3 is 5.32 Å². The van der Waals surface area contributed by atoms with E-state index in [0.29, 0.717) is 6.54 Å². The lowest BCUT2D eigenvalue weighted by Crippen LogP contribution is -2.50. The third-order valence-electron chi connectivity index (χ3n) is 3.50. The maximum Gasteiger partial charge on any atom is 0.242 e. The van der Waals surface area contributed by atoms with Crippen LogP contribution in [0.15, 0.2) is 23.1 Å². The molecular weight excluding hydrogens is 284 g/mol. The molecule has 0 aliphatic heterocycles. The molecule has 4 nitrogen and oxygen atoms in total. The van der Waals surface area contributed by atoms with E-state index in [9.17, 15) is 8.42 Å². The van der Waals surface area contributed by atoms with Crippen LogP contribution >= 0.6 is 11.6 Å². The Morgan fingerprint density at radius 1 is 1.37 bits per heavy atom. The van der Waals surface area contributed by atoms with Crippen molar-refractivity contribution in [2.24, 2.45) is 0 Å². The van der Waals surface area contributed by atoms with E-state index < -0.39 is 10.0 Å². The number of nitrogens with one attached hydrogen (secondary N) is 2. The van der Waals surface area contributed by atoms with Crippen molar-refractivity contribution < 1.29 is 8.42 Å². The summed E-state index contributed by atoms with van der Waals surface area (Å²) in [6.45, 7) is 2.54. The molecule has 0 aromatic heterocycles. The zero-order valence-electron chi connectivity index (χ0n) is 11.2. The minimum Gasteiger partial charge on any atom is -0.316 e. The topological polar surface area (TPSA) is 58.2 Å². The van der Waals surface area contributed by atoms with E-state index in [1.165, 1.54) is 0 Å². The molecule has 0 amide bonds. The number of benzene rings is 1. The number of hydrogen-bond donors (Lipinski definition) is 2. The van der Waals surface area contributed by atoms with Gasteiger partial charge in [0.05, 0.1) is 5.02 Å². The summed E-state index contributed by atoms with van der Waals surface area (Å²) in [6, 6.07) is 5.08. The molecule has 0 saturated heterocycles. The Balaban J connectivity index is 2.31. The first-order valence-corrected chi connectivity index (χ1v) is 8.19. The SMILES string of the molecule is CNCc1ccc(Cl)c(S(=O)(=O)NC2(C)CCC2)c1. The Hall–Kier alpha value is -0.620. The fraction of sp³-hybridized carbons (Fsp3) is 0.538. The van der Waals surface area contributed by atoms with Crippen LogP contribution in [0, 0.1) is 0 Å². The molecule has 1 aromatic rings. The maximum absolute atomic E-state index is 12.4.